The fraction of sp³-hybridized carbons (Fsp3) is 0.0435. The van der Waals surface area contributed by atoms with Gasteiger partial charge in [-0.05, 0) is 61.5 Å². The quantitative estimate of drug-likeness (QED) is 0.245. The van der Waals surface area contributed by atoms with Gasteiger partial charge in [0.25, 0.3) is 0 Å². The van der Waals surface area contributed by atoms with Crippen molar-refractivity contribution in [3.8, 4) is 5.75 Å². The molecule has 0 fully saturated rings. The maximum Gasteiger partial charge on any atom is 0.231 e. The van der Waals surface area contributed by atoms with Crippen molar-refractivity contribution in [2.45, 2.75) is 6.92 Å². The monoisotopic (exact) mass is 371 g/mol. The SMILES string of the molecule is CC=COc1ccc(C(=O)C(=Cc2ccco2)c2nc3ccccc3o2)cc1. The van der Waals surface area contributed by atoms with E-state index in [1.165, 1.54) is 0 Å². The van der Waals surface area contributed by atoms with Gasteiger partial charge in [-0.1, -0.05) is 18.2 Å². The molecule has 4 rings (SSSR count). The van der Waals surface area contributed by atoms with Crippen LogP contribution in [0.1, 0.15) is 28.9 Å². The lowest BCUT2D eigenvalue weighted by atomic mass is 10.0. The number of Topliss-reactive ketones (excluding diaryl/α,β-unsaturated/α-hetero) is 1. The van der Waals surface area contributed by atoms with Crippen LogP contribution >= 0.6 is 0 Å². The second-order valence-electron chi connectivity index (χ2n) is 6.00. The molecule has 5 heteroatoms. The smallest absolute Gasteiger partial charge is 0.231 e. The number of oxazole rings is 1. The predicted molar refractivity (Wildman–Crippen MR) is 107 cm³/mol. The van der Waals surface area contributed by atoms with Gasteiger partial charge < -0.3 is 13.6 Å². The van der Waals surface area contributed by atoms with Gasteiger partial charge >= 0.3 is 0 Å². The standard InChI is InChI=1S/C23H17NO4/c1-2-13-26-17-11-9-16(10-12-17)22(25)19(15-18-6-5-14-27-18)23-24-20-7-3-4-8-21(20)28-23/h2-15H,1H3. The van der Waals surface area contributed by atoms with E-state index in [4.69, 9.17) is 13.6 Å². The van der Waals surface area contributed by atoms with E-state index < -0.39 is 0 Å². The summed E-state index contributed by atoms with van der Waals surface area (Å²) >= 11 is 0. The highest BCUT2D eigenvalue weighted by molar-refractivity contribution is 6.31. The molecule has 0 bridgehead atoms. The number of ether oxygens (including phenoxy) is 1. The van der Waals surface area contributed by atoms with Crippen LogP contribution in [-0.4, -0.2) is 10.8 Å². The molecule has 0 aliphatic rings. The molecule has 0 amide bonds. The first-order chi connectivity index (χ1) is 13.7. The Kier molecular flexibility index (Phi) is 4.89. The Balaban J connectivity index is 1.74. The molecule has 0 unspecified atom stereocenters. The van der Waals surface area contributed by atoms with Gasteiger partial charge in [-0.2, -0.15) is 0 Å². The predicted octanol–water partition coefficient (Wildman–Crippen LogP) is 5.76. The van der Waals surface area contributed by atoms with Gasteiger partial charge in [-0.15, -0.1) is 0 Å². The van der Waals surface area contributed by atoms with E-state index in [1.807, 2.05) is 31.2 Å². The van der Waals surface area contributed by atoms with Crippen LogP contribution in [0.3, 0.4) is 0 Å². The van der Waals surface area contributed by atoms with Crippen molar-refractivity contribution in [1.29, 1.82) is 0 Å². The molecule has 0 spiro atoms. The summed E-state index contributed by atoms with van der Waals surface area (Å²) in [6.45, 7) is 1.87. The van der Waals surface area contributed by atoms with Crippen LogP contribution < -0.4 is 4.74 Å². The number of fused-ring (bicyclic) bond motifs is 1. The molecular formula is C23H17NO4. The summed E-state index contributed by atoms with van der Waals surface area (Å²) in [6.07, 6.45) is 6.55. The minimum atomic E-state index is -0.222. The number of carbonyl (C=O) groups is 1. The third kappa shape index (κ3) is 3.64. The first-order valence-electron chi connectivity index (χ1n) is 8.78. The lowest BCUT2D eigenvalue weighted by molar-refractivity contribution is 0.105. The number of allylic oxidation sites excluding steroid dienone is 2. The summed E-state index contributed by atoms with van der Waals surface area (Å²) in [6, 6.07) is 17.8. The van der Waals surface area contributed by atoms with Gasteiger partial charge in [0, 0.05) is 5.56 Å². The lowest BCUT2D eigenvalue weighted by Gasteiger charge is -2.05. The minimum absolute atomic E-state index is 0.222. The molecule has 2 aromatic carbocycles. The van der Waals surface area contributed by atoms with Crippen LogP contribution in [0.15, 0.2) is 88.1 Å². The number of furan rings is 1. The summed E-state index contributed by atoms with van der Waals surface area (Å²) in [5, 5.41) is 0. The molecule has 0 atom stereocenters. The Morgan fingerprint density at radius 3 is 2.57 bits per heavy atom. The number of benzene rings is 2. The maximum atomic E-state index is 13.2. The van der Waals surface area contributed by atoms with Crippen LogP contribution in [0.5, 0.6) is 5.75 Å². The first-order valence-corrected chi connectivity index (χ1v) is 8.78. The summed E-state index contributed by atoms with van der Waals surface area (Å²) in [5.74, 6) is 1.21. The molecule has 2 aromatic heterocycles. The Morgan fingerprint density at radius 1 is 1.04 bits per heavy atom. The summed E-state index contributed by atoms with van der Waals surface area (Å²) in [5.41, 5.74) is 2.11. The van der Waals surface area contributed by atoms with Crippen molar-refractivity contribution in [1.82, 2.24) is 4.98 Å². The average molecular weight is 371 g/mol. The third-order valence-electron chi connectivity index (χ3n) is 4.06. The van der Waals surface area contributed by atoms with Gasteiger partial charge in [0.15, 0.2) is 11.4 Å². The second-order valence-corrected chi connectivity index (χ2v) is 6.00. The van der Waals surface area contributed by atoms with Gasteiger partial charge in [0.1, 0.15) is 17.0 Å². The van der Waals surface area contributed by atoms with E-state index in [2.05, 4.69) is 4.98 Å². The summed E-state index contributed by atoms with van der Waals surface area (Å²) < 4.78 is 16.6. The third-order valence-corrected chi connectivity index (χ3v) is 4.06. The number of carbonyl (C=O) groups excluding carboxylic acids is 1. The Morgan fingerprint density at radius 2 is 1.86 bits per heavy atom. The normalized spacial score (nSPS) is 12.0. The highest BCUT2D eigenvalue weighted by atomic mass is 16.5. The van der Waals surface area contributed by atoms with Crippen LogP contribution in [0.4, 0.5) is 0 Å². The Labute approximate surface area is 161 Å². The van der Waals surface area contributed by atoms with Crippen molar-refractivity contribution < 1.29 is 18.4 Å². The Hall–Kier alpha value is -3.86. The number of hydrogen-bond acceptors (Lipinski definition) is 5. The minimum Gasteiger partial charge on any atom is -0.465 e. The van der Waals surface area contributed by atoms with Gasteiger partial charge in [0.05, 0.1) is 18.1 Å². The number of nitrogens with zero attached hydrogens (tertiary/aromatic N) is 1. The fourth-order valence-corrected chi connectivity index (χ4v) is 2.71. The van der Waals surface area contributed by atoms with E-state index in [-0.39, 0.29) is 11.7 Å². The van der Waals surface area contributed by atoms with Crippen molar-refractivity contribution in [3.63, 3.8) is 0 Å². The molecule has 138 valence electrons. The fourth-order valence-electron chi connectivity index (χ4n) is 2.71. The van der Waals surface area contributed by atoms with Crippen molar-refractivity contribution >= 4 is 28.5 Å². The van der Waals surface area contributed by atoms with E-state index in [0.29, 0.717) is 33.7 Å². The van der Waals surface area contributed by atoms with Crippen LogP contribution in [-0.2, 0) is 0 Å². The molecule has 0 saturated heterocycles. The zero-order chi connectivity index (χ0) is 19.3. The molecule has 28 heavy (non-hydrogen) atoms. The number of hydrogen-bond donors (Lipinski definition) is 0. The highest BCUT2D eigenvalue weighted by Crippen LogP contribution is 2.27. The molecule has 0 aliphatic carbocycles. The Bertz CT molecular complexity index is 1120. The summed E-state index contributed by atoms with van der Waals surface area (Å²) in [7, 11) is 0. The van der Waals surface area contributed by atoms with E-state index >= 15 is 0 Å². The second kappa shape index (κ2) is 7.80. The molecule has 5 nitrogen and oxygen atoms in total. The van der Waals surface area contributed by atoms with Crippen molar-refractivity contribution in [2.24, 2.45) is 0 Å². The number of rotatable bonds is 6. The number of ketones is 1. The molecule has 2 heterocycles. The van der Waals surface area contributed by atoms with Crippen LogP contribution in [0.2, 0.25) is 0 Å². The van der Waals surface area contributed by atoms with Crippen molar-refractivity contribution in [3.05, 3.63) is 96.5 Å². The van der Waals surface area contributed by atoms with Crippen molar-refractivity contribution in [2.75, 3.05) is 0 Å². The lowest BCUT2D eigenvalue weighted by Crippen LogP contribution is -2.03. The molecule has 4 aromatic rings. The van der Waals surface area contributed by atoms with Gasteiger partial charge in [-0.3, -0.25) is 4.79 Å². The van der Waals surface area contributed by atoms with Gasteiger partial charge in [0.2, 0.25) is 5.89 Å². The number of para-hydroxylation sites is 2. The van der Waals surface area contributed by atoms with Crippen LogP contribution in [0.25, 0.3) is 22.7 Å². The number of aromatic nitrogens is 1. The topological polar surface area (TPSA) is 65.5 Å². The first kappa shape index (κ1) is 17.5. The molecule has 0 N–H and O–H groups in total. The molecule has 0 radical (unpaired) electrons. The maximum absolute atomic E-state index is 13.2. The average Bonchev–Trinajstić information content (AvgIpc) is 3.39. The summed E-state index contributed by atoms with van der Waals surface area (Å²) in [4.78, 5) is 17.7. The molecular weight excluding hydrogens is 354 g/mol. The van der Waals surface area contributed by atoms with Gasteiger partial charge in [-0.25, -0.2) is 4.98 Å². The highest BCUT2D eigenvalue weighted by Gasteiger charge is 2.20. The molecule has 0 aliphatic heterocycles. The zero-order valence-corrected chi connectivity index (χ0v) is 15.2. The van der Waals surface area contributed by atoms with E-state index in [1.54, 1.807) is 61.1 Å². The largest absolute Gasteiger partial charge is 0.465 e. The molecule has 0 saturated carbocycles. The van der Waals surface area contributed by atoms with E-state index in [9.17, 15) is 4.79 Å². The zero-order valence-electron chi connectivity index (χ0n) is 15.2. The van der Waals surface area contributed by atoms with Crippen LogP contribution in [0, 0.1) is 0 Å². The van der Waals surface area contributed by atoms with E-state index in [0.717, 1.165) is 0 Å².